The maximum Gasteiger partial charge on any atom is 0.329 e. The Balaban J connectivity index is 0.734. The van der Waals surface area contributed by atoms with Crippen molar-refractivity contribution >= 4 is 67.1 Å². The summed E-state index contributed by atoms with van der Waals surface area (Å²) in [5.74, 6) is -2.05. The van der Waals surface area contributed by atoms with Crippen LogP contribution in [0.4, 0.5) is 30.8 Å². The van der Waals surface area contributed by atoms with Gasteiger partial charge in [-0.05, 0) is 86.9 Å². The summed E-state index contributed by atoms with van der Waals surface area (Å²) in [6, 6.07) is 10.9. The fraction of sp³-hybridized carbons (Fsp3) is 0.479. The van der Waals surface area contributed by atoms with E-state index in [1.807, 2.05) is 17.9 Å². The maximum atomic E-state index is 15.7. The van der Waals surface area contributed by atoms with Gasteiger partial charge in [-0.25, -0.2) is 18.6 Å². The summed E-state index contributed by atoms with van der Waals surface area (Å²) in [5.41, 5.74) is -1.36. The van der Waals surface area contributed by atoms with Gasteiger partial charge in [-0.15, -0.1) is 0 Å². The molecule has 23 heteroatoms. The Morgan fingerprint density at radius 3 is 2.51 bits per heavy atom. The molecule has 20 nitrogen and oxygen atoms in total. The molecule has 1 unspecified atom stereocenters. The summed E-state index contributed by atoms with van der Waals surface area (Å²) in [6.45, 7) is 4.86. The largest absolute Gasteiger partial charge is 0.453 e. The number of amides is 4. The number of hydrogen-bond donors (Lipinski definition) is 3. The van der Waals surface area contributed by atoms with E-state index in [1.165, 1.54) is 44.4 Å². The summed E-state index contributed by atoms with van der Waals surface area (Å²) < 4.78 is 76.2. The molecule has 3 N–H and O–H groups in total. The smallest absolute Gasteiger partial charge is 0.329 e. The van der Waals surface area contributed by atoms with E-state index in [-0.39, 0.29) is 89.6 Å². The van der Waals surface area contributed by atoms with Crippen molar-refractivity contribution in [3.8, 4) is 17.6 Å². The van der Waals surface area contributed by atoms with Crippen LogP contribution in [0.2, 0.25) is 0 Å². The normalized spacial score (nSPS) is 21.5. The number of benzene rings is 3. The predicted molar refractivity (Wildman–Crippen MR) is 255 cm³/mol. The number of aromatic nitrogens is 4. The highest BCUT2D eigenvalue weighted by Gasteiger charge is 2.45. The van der Waals surface area contributed by atoms with Gasteiger partial charge in [0.25, 0.3) is 5.56 Å². The van der Waals surface area contributed by atoms with Gasteiger partial charge in [0.1, 0.15) is 23.2 Å². The van der Waals surface area contributed by atoms with E-state index in [2.05, 4.69) is 20.1 Å². The molecule has 2 aromatic heterocycles. The topological polar surface area (TPSA) is 238 Å². The molecule has 3 aromatic carbocycles. The molecule has 1 spiro atoms. The third-order valence-electron chi connectivity index (χ3n) is 14.7. The number of carbonyl (C=O) groups is 3. The monoisotopic (exact) mass is 997 g/mol. The lowest BCUT2D eigenvalue weighted by Gasteiger charge is -2.42. The summed E-state index contributed by atoms with van der Waals surface area (Å²) in [6.07, 6.45) is 4.47. The zero-order chi connectivity index (χ0) is 50.0. The first-order valence-electron chi connectivity index (χ1n) is 23.7. The number of piperidine rings is 2. The molecule has 4 amide bonds. The minimum absolute atomic E-state index is 0.0395. The molecular weight excluding hydrogens is 945 g/mol. The highest BCUT2D eigenvalue weighted by molar-refractivity contribution is 7.90. The summed E-state index contributed by atoms with van der Waals surface area (Å²) >= 11 is 0. The molecule has 2 atom stereocenters. The number of ether oxygens (including phenoxy) is 2. The lowest BCUT2D eigenvalue weighted by Crippen LogP contribution is -2.51. The van der Waals surface area contributed by atoms with Crippen molar-refractivity contribution < 1.29 is 46.2 Å². The average Bonchev–Trinajstić information content (AvgIpc) is 4.05. The van der Waals surface area contributed by atoms with E-state index in [0.717, 1.165) is 6.07 Å². The number of aryl methyl sites for hydroxylation is 1. The van der Waals surface area contributed by atoms with Crippen molar-refractivity contribution in [1.29, 1.82) is 5.26 Å². The van der Waals surface area contributed by atoms with Crippen LogP contribution in [0.1, 0.15) is 63.9 Å². The minimum Gasteiger partial charge on any atom is -0.453 e. The van der Waals surface area contributed by atoms with Crippen LogP contribution in [0.15, 0.2) is 53.6 Å². The Morgan fingerprint density at radius 2 is 1.79 bits per heavy atom. The second-order valence-corrected chi connectivity index (χ2v) is 21.3. The van der Waals surface area contributed by atoms with Crippen LogP contribution in [0.25, 0.3) is 21.8 Å². The molecule has 0 aliphatic carbocycles. The van der Waals surface area contributed by atoms with Crippen molar-refractivity contribution in [3.05, 3.63) is 76.3 Å². The van der Waals surface area contributed by atoms with E-state index in [4.69, 9.17) is 9.47 Å². The summed E-state index contributed by atoms with van der Waals surface area (Å²) in [7, 11) is -2.33. The van der Waals surface area contributed by atoms with Gasteiger partial charge in [0.2, 0.25) is 11.8 Å². The zero-order valence-corrected chi connectivity index (χ0v) is 40.0. The number of rotatable bonds is 11. The van der Waals surface area contributed by atoms with E-state index < -0.39 is 44.8 Å². The van der Waals surface area contributed by atoms with E-state index >= 15 is 8.78 Å². The van der Waals surface area contributed by atoms with E-state index in [9.17, 15) is 38.0 Å². The second-order valence-electron chi connectivity index (χ2n) is 19.6. The Kier molecular flexibility index (Phi) is 12.5. The molecular formula is C48H53F2N11O9S. The molecule has 5 fully saturated rings. The number of nitrogens with one attached hydrogen (secondary N) is 2. The van der Waals surface area contributed by atoms with Crippen molar-refractivity contribution in [2.45, 2.75) is 76.0 Å². The molecule has 5 aromatic rings. The molecule has 0 bridgehead atoms. The minimum atomic E-state index is -4.02. The highest BCUT2D eigenvalue weighted by Crippen LogP contribution is 2.41. The van der Waals surface area contributed by atoms with Gasteiger partial charge in [-0.1, -0.05) is 6.92 Å². The number of nitrogens with zero attached hydrogens (tertiary/aromatic N) is 9. The van der Waals surface area contributed by atoms with Gasteiger partial charge in [-0.3, -0.25) is 38.6 Å². The Labute approximate surface area is 406 Å². The van der Waals surface area contributed by atoms with Crippen molar-refractivity contribution in [2.75, 3.05) is 66.9 Å². The van der Waals surface area contributed by atoms with Gasteiger partial charge in [-0.2, -0.15) is 23.1 Å². The molecule has 5 aliphatic rings. The number of urea groups is 1. The SMILES string of the molecule is C[C@@H]1CCN(S(=O)(=O)Nc2ccc(F)c(Oc3ccc4ncn(CC5COC6(CCN(C(=O)CC7(O)CCN(c8cc9c(cc8F)c(N8CCC(=O)NC8=O)nn9C)CC7)CC6)C5)c(=O)c4c3)c2C#N)C1. The fourth-order valence-corrected chi connectivity index (χ4v) is 12.0. The fourth-order valence-electron chi connectivity index (χ4n) is 10.7. The van der Waals surface area contributed by atoms with Crippen LogP contribution in [-0.2, 0) is 38.1 Å². The number of anilines is 3. The van der Waals surface area contributed by atoms with Gasteiger partial charge >= 0.3 is 16.2 Å². The van der Waals surface area contributed by atoms with Gasteiger partial charge in [0.05, 0.1) is 58.4 Å². The Hall–Kier alpha value is -6.74. The number of carbonyl (C=O) groups excluding carboxylic acids is 3. The standard InChI is InChI=1S/C48H53F2N11O9S/c1-29-7-13-60(25-29)71(67,68)55-38-6-4-35(49)43(34(38)24-51)70-31-3-5-37-32(19-31)45(64)59(28-52-37)26-30-22-48(69-27-30)11-17-58(18-12-48)42(63)23-47(66)9-15-57(16-10-47)40-21-39-33(20-36(40)50)44(54-56(39)2)61-14-8-41(62)53-46(61)65/h3-6,19-21,28-30,55,66H,7-18,22-23,25-27H2,1-2H3,(H,53,62,65)/t29-,30?/m1/s1. The van der Waals surface area contributed by atoms with Crippen LogP contribution in [0.5, 0.6) is 11.5 Å². The lowest BCUT2D eigenvalue weighted by atomic mass is 9.84. The zero-order valence-electron chi connectivity index (χ0n) is 39.2. The molecule has 374 valence electrons. The number of nitriles is 1. The lowest BCUT2D eigenvalue weighted by molar-refractivity contribution is -0.142. The van der Waals surface area contributed by atoms with Gasteiger partial charge < -0.3 is 24.4 Å². The molecule has 0 radical (unpaired) electrons. The van der Waals surface area contributed by atoms with Crippen LogP contribution < -0.4 is 30.1 Å². The molecule has 5 saturated heterocycles. The molecule has 71 heavy (non-hydrogen) atoms. The number of imide groups is 1. The first-order chi connectivity index (χ1) is 33.9. The average molecular weight is 998 g/mol. The highest BCUT2D eigenvalue weighted by atomic mass is 32.2. The first-order valence-corrected chi connectivity index (χ1v) is 25.2. The summed E-state index contributed by atoms with van der Waals surface area (Å²) in [4.78, 5) is 61.1. The maximum absolute atomic E-state index is 15.7. The molecule has 7 heterocycles. The van der Waals surface area contributed by atoms with E-state index in [1.54, 1.807) is 28.8 Å². The quantitative estimate of drug-likeness (QED) is 0.166. The number of halogens is 2. The van der Waals surface area contributed by atoms with Gasteiger partial charge in [0, 0.05) is 77.1 Å². The van der Waals surface area contributed by atoms with Crippen LogP contribution in [0, 0.1) is 34.8 Å². The first kappa shape index (κ1) is 47.9. The van der Waals surface area contributed by atoms with Crippen molar-refractivity contribution in [3.63, 3.8) is 0 Å². The third-order valence-corrected chi connectivity index (χ3v) is 16.2. The third kappa shape index (κ3) is 9.36. The predicted octanol–water partition coefficient (Wildman–Crippen LogP) is 4.49. The number of hydrogen-bond acceptors (Lipinski definition) is 13. The number of aliphatic hydroxyl groups is 1. The molecule has 10 rings (SSSR count). The van der Waals surface area contributed by atoms with Gasteiger partial charge in [0.15, 0.2) is 17.4 Å². The number of likely N-dealkylation sites (tertiary alicyclic amines) is 1. The summed E-state index contributed by atoms with van der Waals surface area (Å²) in [5, 5.41) is 29.0. The van der Waals surface area contributed by atoms with Crippen molar-refractivity contribution in [2.24, 2.45) is 18.9 Å². The molecule has 0 saturated carbocycles. The molecule has 5 aliphatic heterocycles. The Morgan fingerprint density at radius 1 is 1.01 bits per heavy atom. The van der Waals surface area contributed by atoms with Crippen molar-refractivity contribution in [1.82, 2.24) is 33.9 Å². The van der Waals surface area contributed by atoms with Crippen LogP contribution in [-0.4, -0.2) is 124 Å². The van der Waals surface area contributed by atoms with Crippen LogP contribution >= 0.6 is 0 Å². The van der Waals surface area contributed by atoms with E-state index in [0.29, 0.717) is 100 Å². The second kappa shape index (κ2) is 18.5. The Bertz CT molecular complexity index is 3200. The van der Waals surface area contributed by atoms with Crippen LogP contribution in [0.3, 0.4) is 0 Å². The number of fused-ring (bicyclic) bond motifs is 2.